The van der Waals surface area contributed by atoms with Crippen LogP contribution in [0.5, 0.6) is 0 Å². The summed E-state index contributed by atoms with van der Waals surface area (Å²) in [6, 6.07) is 0. The van der Waals surface area contributed by atoms with Gasteiger partial charge in [-0.1, -0.05) is 20.3 Å². The van der Waals surface area contributed by atoms with Crippen LogP contribution in [0.3, 0.4) is 0 Å². The van der Waals surface area contributed by atoms with Gasteiger partial charge < -0.3 is 10.4 Å². The Labute approximate surface area is 110 Å². The molecule has 3 nitrogen and oxygen atoms in total. The minimum atomic E-state index is 0.0917. The average Bonchev–Trinajstić information content (AvgIpc) is 2.88. The first kappa shape index (κ1) is 13.9. The van der Waals surface area contributed by atoms with Crippen LogP contribution >= 0.6 is 0 Å². The highest BCUT2D eigenvalue weighted by molar-refractivity contribution is 5.82. The second-order valence-corrected chi connectivity index (χ2v) is 6.18. The van der Waals surface area contributed by atoms with Crippen molar-refractivity contribution in [3.63, 3.8) is 0 Å². The van der Waals surface area contributed by atoms with Crippen molar-refractivity contribution in [1.29, 1.82) is 0 Å². The number of aliphatic hydroxyl groups excluding tert-OH is 1. The van der Waals surface area contributed by atoms with E-state index in [0.717, 1.165) is 25.8 Å². The predicted molar refractivity (Wildman–Crippen MR) is 72.0 cm³/mol. The molecule has 3 heteroatoms. The molecular weight excluding hydrogens is 226 g/mol. The Bertz CT molecular complexity index is 289. The Balaban J connectivity index is 1.80. The third-order valence-electron chi connectivity index (χ3n) is 5.49. The molecule has 2 rings (SSSR count). The molecule has 2 atom stereocenters. The Hall–Kier alpha value is -0.570. The van der Waals surface area contributed by atoms with Gasteiger partial charge in [0.05, 0.1) is 0 Å². The van der Waals surface area contributed by atoms with Gasteiger partial charge in [-0.2, -0.15) is 0 Å². The number of hydrogen-bond acceptors (Lipinski definition) is 2. The van der Waals surface area contributed by atoms with Gasteiger partial charge in [0, 0.05) is 19.1 Å². The van der Waals surface area contributed by atoms with Gasteiger partial charge in [-0.05, 0) is 49.4 Å². The standard InChI is InChI=1S/C15H27NO2/c1-3-15(4-2,8-9-17)10-16-14(18)13-11-6-5-7-12(11)13/h11-13,17H,3-10H2,1-2H3,(H,16,18). The zero-order valence-electron chi connectivity index (χ0n) is 11.7. The Kier molecular flexibility index (Phi) is 4.31. The van der Waals surface area contributed by atoms with Gasteiger partial charge in [-0.3, -0.25) is 4.79 Å². The minimum absolute atomic E-state index is 0.0917. The molecule has 104 valence electrons. The van der Waals surface area contributed by atoms with E-state index in [1.54, 1.807) is 0 Å². The number of fused-ring (bicyclic) bond motifs is 1. The predicted octanol–water partition coefficient (Wildman–Crippen LogP) is 2.34. The number of carbonyl (C=O) groups is 1. The lowest BCUT2D eigenvalue weighted by atomic mass is 9.79. The molecule has 1 amide bonds. The Morgan fingerprint density at radius 2 is 1.89 bits per heavy atom. The van der Waals surface area contributed by atoms with E-state index < -0.39 is 0 Å². The first-order valence-electron chi connectivity index (χ1n) is 7.56. The molecule has 0 bridgehead atoms. The van der Waals surface area contributed by atoms with Crippen LogP contribution in [0.25, 0.3) is 0 Å². The van der Waals surface area contributed by atoms with Crippen LogP contribution in [-0.4, -0.2) is 24.2 Å². The van der Waals surface area contributed by atoms with E-state index in [9.17, 15) is 4.79 Å². The molecule has 18 heavy (non-hydrogen) atoms. The van der Waals surface area contributed by atoms with Crippen molar-refractivity contribution in [3.05, 3.63) is 0 Å². The van der Waals surface area contributed by atoms with Crippen molar-refractivity contribution in [2.24, 2.45) is 23.2 Å². The van der Waals surface area contributed by atoms with Gasteiger partial charge in [-0.15, -0.1) is 0 Å². The first-order chi connectivity index (χ1) is 8.67. The van der Waals surface area contributed by atoms with Crippen LogP contribution in [-0.2, 0) is 4.79 Å². The van der Waals surface area contributed by atoms with E-state index in [0.29, 0.717) is 17.8 Å². The maximum Gasteiger partial charge on any atom is 0.223 e. The molecule has 0 aliphatic heterocycles. The molecule has 0 radical (unpaired) electrons. The van der Waals surface area contributed by atoms with E-state index in [1.165, 1.54) is 19.3 Å². The number of nitrogens with one attached hydrogen (secondary N) is 1. The van der Waals surface area contributed by atoms with E-state index in [1.807, 2.05) is 0 Å². The summed E-state index contributed by atoms with van der Waals surface area (Å²) in [5.41, 5.74) is 0.0917. The van der Waals surface area contributed by atoms with Crippen LogP contribution in [0.1, 0.15) is 52.4 Å². The van der Waals surface area contributed by atoms with Crippen LogP contribution < -0.4 is 5.32 Å². The lowest BCUT2D eigenvalue weighted by Gasteiger charge is -2.31. The van der Waals surface area contributed by atoms with Crippen LogP contribution in [0.4, 0.5) is 0 Å². The summed E-state index contributed by atoms with van der Waals surface area (Å²) in [6.45, 7) is 5.25. The van der Waals surface area contributed by atoms with Crippen molar-refractivity contribution < 1.29 is 9.90 Å². The number of amides is 1. The van der Waals surface area contributed by atoms with Crippen LogP contribution in [0.2, 0.25) is 0 Å². The summed E-state index contributed by atoms with van der Waals surface area (Å²) in [6.07, 6.45) is 6.65. The largest absolute Gasteiger partial charge is 0.396 e. The van der Waals surface area contributed by atoms with E-state index in [2.05, 4.69) is 19.2 Å². The Morgan fingerprint density at radius 3 is 2.39 bits per heavy atom. The summed E-state index contributed by atoms with van der Waals surface area (Å²) in [5.74, 6) is 1.98. The summed E-state index contributed by atoms with van der Waals surface area (Å²) in [4.78, 5) is 12.1. The van der Waals surface area contributed by atoms with E-state index in [-0.39, 0.29) is 17.9 Å². The molecule has 2 N–H and O–H groups in total. The van der Waals surface area contributed by atoms with Crippen molar-refractivity contribution >= 4 is 5.91 Å². The number of rotatable bonds is 7. The fourth-order valence-corrected chi connectivity index (χ4v) is 3.78. The number of aliphatic hydroxyl groups is 1. The fourth-order valence-electron chi connectivity index (χ4n) is 3.78. The van der Waals surface area contributed by atoms with Gasteiger partial charge in [0.1, 0.15) is 0 Å². The molecule has 2 saturated carbocycles. The molecule has 0 aromatic heterocycles. The second-order valence-electron chi connectivity index (χ2n) is 6.18. The summed E-state index contributed by atoms with van der Waals surface area (Å²) >= 11 is 0. The minimum Gasteiger partial charge on any atom is -0.396 e. The third-order valence-corrected chi connectivity index (χ3v) is 5.49. The topological polar surface area (TPSA) is 49.3 Å². The maximum absolute atomic E-state index is 12.1. The summed E-state index contributed by atoms with van der Waals surface area (Å²) < 4.78 is 0. The molecule has 0 aromatic rings. The number of carbonyl (C=O) groups excluding carboxylic acids is 1. The van der Waals surface area contributed by atoms with Crippen LogP contribution in [0, 0.1) is 23.2 Å². The highest BCUT2D eigenvalue weighted by atomic mass is 16.3. The zero-order valence-corrected chi connectivity index (χ0v) is 11.7. The van der Waals surface area contributed by atoms with Crippen molar-refractivity contribution in [1.82, 2.24) is 5.32 Å². The quantitative estimate of drug-likeness (QED) is 0.731. The molecule has 0 saturated heterocycles. The van der Waals surface area contributed by atoms with Gasteiger partial charge >= 0.3 is 0 Å². The van der Waals surface area contributed by atoms with Crippen molar-refractivity contribution in [2.45, 2.75) is 52.4 Å². The average molecular weight is 253 g/mol. The Morgan fingerprint density at radius 1 is 1.28 bits per heavy atom. The molecule has 2 aliphatic rings. The SMILES string of the molecule is CCC(CC)(CCO)CNC(=O)C1C2CCCC21. The van der Waals surface area contributed by atoms with E-state index >= 15 is 0 Å². The van der Waals surface area contributed by atoms with Crippen molar-refractivity contribution in [2.75, 3.05) is 13.2 Å². The van der Waals surface area contributed by atoms with Crippen LogP contribution in [0.15, 0.2) is 0 Å². The summed E-state index contributed by atoms with van der Waals surface area (Å²) in [5, 5.41) is 12.3. The fraction of sp³-hybridized carbons (Fsp3) is 0.933. The maximum atomic E-state index is 12.1. The smallest absolute Gasteiger partial charge is 0.223 e. The normalized spacial score (nSPS) is 30.1. The lowest BCUT2D eigenvalue weighted by Crippen LogP contribution is -2.38. The highest BCUT2D eigenvalue weighted by Crippen LogP contribution is 2.57. The molecule has 0 heterocycles. The number of hydrogen-bond donors (Lipinski definition) is 2. The molecule has 2 unspecified atom stereocenters. The lowest BCUT2D eigenvalue weighted by molar-refractivity contribution is -0.123. The molecule has 0 spiro atoms. The van der Waals surface area contributed by atoms with Gasteiger partial charge in [0.15, 0.2) is 0 Å². The molecule has 2 aliphatic carbocycles. The molecule has 2 fully saturated rings. The zero-order chi connectivity index (χ0) is 13.2. The summed E-state index contributed by atoms with van der Waals surface area (Å²) in [7, 11) is 0. The third kappa shape index (κ3) is 2.56. The first-order valence-corrected chi connectivity index (χ1v) is 7.56. The van der Waals surface area contributed by atoms with Gasteiger partial charge in [0.25, 0.3) is 0 Å². The highest BCUT2D eigenvalue weighted by Gasteiger charge is 2.56. The second kappa shape index (κ2) is 5.60. The molecular formula is C15H27NO2. The monoisotopic (exact) mass is 253 g/mol. The van der Waals surface area contributed by atoms with Gasteiger partial charge in [-0.25, -0.2) is 0 Å². The van der Waals surface area contributed by atoms with Gasteiger partial charge in [0.2, 0.25) is 5.91 Å². The van der Waals surface area contributed by atoms with Crippen molar-refractivity contribution in [3.8, 4) is 0 Å². The molecule has 0 aromatic carbocycles. The van der Waals surface area contributed by atoms with E-state index in [4.69, 9.17) is 5.11 Å².